The molecule has 0 aromatic heterocycles. The molecule has 1 aromatic rings. The van der Waals surface area contributed by atoms with Crippen LogP contribution in [-0.4, -0.2) is 39.7 Å². The van der Waals surface area contributed by atoms with E-state index in [1.54, 1.807) is 20.8 Å². The van der Waals surface area contributed by atoms with E-state index in [9.17, 15) is 19.4 Å². The van der Waals surface area contributed by atoms with Crippen LogP contribution >= 0.6 is 0 Å². The zero-order valence-corrected chi connectivity index (χ0v) is 12.1. The second-order valence-corrected chi connectivity index (χ2v) is 5.61. The maximum Gasteiger partial charge on any atom is 0.407 e. The van der Waals surface area contributed by atoms with Crippen LogP contribution in [0.25, 0.3) is 0 Å². The summed E-state index contributed by atoms with van der Waals surface area (Å²) in [5.74, 6) is -1.45. The molecule has 118 valence electrons. The normalized spacial score (nSPS) is 14.4. The summed E-state index contributed by atoms with van der Waals surface area (Å²) in [6, 6.07) is 3.26. The highest BCUT2D eigenvalue weighted by Gasteiger charge is 2.22. The lowest BCUT2D eigenvalue weighted by atomic mass is 10.0. The Kier molecular flexibility index (Phi) is 5.51. The van der Waals surface area contributed by atoms with Crippen molar-refractivity contribution in [3.8, 4) is 5.75 Å². The Labute approximate surface area is 122 Å². The van der Waals surface area contributed by atoms with E-state index in [4.69, 9.17) is 9.84 Å². The molecule has 0 aliphatic rings. The highest BCUT2D eigenvalue weighted by molar-refractivity contribution is 5.67. The molecule has 6 nitrogen and oxygen atoms in total. The van der Waals surface area contributed by atoms with Gasteiger partial charge in [0.15, 0.2) is 11.6 Å². The van der Waals surface area contributed by atoms with Gasteiger partial charge in [-0.3, -0.25) is 0 Å². The van der Waals surface area contributed by atoms with Gasteiger partial charge in [0.25, 0.3) is 0 Å². The van der Waals surface area contributed by atoms with E-state index in [0.717, 1.165) is 12.1 Å². The second kappa shape index (κ2) is 6.73. The number of amides is 1. The Morgan fingerprint density at radius 3 is 2.52 bits per heavy atom. The summed E-state index contributed by atoms with van der Waals surface area (Å²) in [4.78, 5) is 11.4. The number of alkyl carbamates (subject to hydrolysis) is 1. The largest absolute Gasteiger partial charge is 0.505 e. The summed E-state index contributed by atoms with van der Waals surface area (Å²) < 4.78 is 18.1. The Balaban J connectivity index is 2.56. The summed E-state index contributed by atoms with van der Waals surface area (Å²) in [7, 11) is 0. The molecular weight excluding hydrogens is 281 g/mol. The SMILES string of the molecule is CC(C)(C)OC(=O)NCC(O)C(O)c1ccc(O)c(F)c1. The highest BCUT2D eigenvalue weighted by atomic mass is 19.1. The topological polar surface area (TPSA) is 99.0 Å². The second-order valence-electron chi connectivity index (χ2n) is 5.61. The number of phenolic OH excluding ortho intramolecular Hbond substituents is 1. The number of hydrogen-bond acceptors (Lipinski definition) is 5. The molecule has 4 N–H and O–H groups in total. The number of aliphatic hydroxyl groups is 2. The molecule has 0 radical (unpaired) electrons. The van der Waals surface area contributed by atoms with Crippen molar-refractivity contribution in [2.45, 2.75) is 38.6 Å². The molecule has 1 aromatic carbocycles. The zero-order valence-electron chi connectivity index (χ0n) is 12.1. The Bertz CT molecular complexity index is 501. The third-order valence-electron chi connectivity index (χ3n) is 2.53. The number of nitrogens with one attached hydrogen (secondary N) is 1. The van der Waals surface area contributed by atoms with Gasteiger partial charge in [0.1, 0.15) is 17.8 Å². The molecule has 7 heteroatoms. The highest BCUT2D eigenvalue weighted by Crippen LogP contribution is 2.22. The summed E-state index contributed by atoms with van der Waals surface area (Å²) >= 11 is 0. The van der Waals surface area contributed by atoms with E-state index in [0.29, 0.717) is 0 Å². The fraction of sp³-hybridized carbons (Fsp3) is 0.500. The van der Waals surface area contributed by atoms with Crippen LogP contribution in [-0.2, 0) is 4.74 Å². The van der Waals surface area contributed by atoms with E-state index in [1.807, 2.05) is 0 Å². The van der Waals surface area contributed by atoms with Gasteiger partial charge in [-0.15, -0.1) is 0 Å². The summed E-state index contributed by atoms with van der Waals surface area (Å²) in [5.41, 5.74) is -0.586. The van der Waals surface area contributed by atoms with Crippen molar-refractivity contribution in [3.05, 3.63) is 29.6 Å². The number of rotatable bonds is 4. The lowest BCUT2D eigenvalue weighted by molar-refractivity contribution is 0.0128. The van der Waals surface area contributed by atoms with Crippen LogP contribution in [0.15, 0.2) is 18.2 Å². The fourth-order valence-corrected chi connectivity index (χ4v) is 1.54. The molecule has 0 fully saturated rings. The van der Waals surface area contributed by atoms with Crippen LogP contribution in [0.3, 0.4) is 0 Å². The average Bonchev–Trinajstić information content (AvgIpc) is 2.36. The van der Waals surface area contributed by atoms with Gasteiger partial charge in [0.05, 0.1) is 0 Å². The lowest BCUT2D eigenvalue weighted by Gasteiger charge is -2.22. The van der Waals surface area contributed by atoms with Gasteiger partial charge in [-0.25, -0.2) is 9.18 Å². The molecule has 2 atom stereocenters. The molecule has 0 aliphatic heterocycles. The fourth-order valence-electron chi connectivity index (χ4n) is 1.54. The van der Waals surface area contributed by atoms with Gasteiger partial charge in [0, 0.05) is 6.54 Å². The van der Waals surface area contributed by atoms with Crippen molar-refractivity contribution >= 4 is 6.09 Å². The van der Waals surface area contributed by atoms with Gasteiger partial charge in [-0.1, -0.05) is 6.07 Å². The number of aromatic hydroxyl groups is 1. The molecule has 0 bridgehead atoms. The van der Waals surface area contributed by atoms with Crippen molar-refractivity contribution in [1.82, 2.24) is 5.32 Å². The van der Waals surface area contributed by atoms with Crippen LogP contribution in [0.5, 0.6) is 5.75 Å². The number of benzene rings is 1. The predicted molar refractivity (Wildman–Crippen MR) is 73.3 cm³/mol. The standard InChI is InChI=1S/C14H20FNO5/c1-14(2,3)21-13(20)16-7-11(18)12(19)8-4-5-10(17)9(15)6-8/h4-6,11-12,17-19H,7H2,1-3H3,(H,16,20). The maximum absolute atomic E-state index is 13.2. The van der Waals surface area contributed by atoms with E-state index >= 15 is 0 Å². The molecule has 0 aliphatic carbocycles. The minimum atomic E-state index is -1.41. The first-order valence-corrected chi connectivity index (χ1v) is 6.41. The van der Waals surface area contributed by atoms with Crippen molar-refractivity contribution in [3.63, 3.8) is 0 Å². The van der Waals surface area contributed by atoms with Gasteiger partial charge in [-0.2, -0.15) is 0 Å². The molecule has 2 unspecified atom stereocenters. The number of carbonyl (C=O) groups is 1. The predicted octanol–water partition coefficient (Wildman–Crippen LogP) is 1.45. The number of ether oxygens (including phenoxy) is 1. The first-order chi connectivity index (χ1) is 9.60. The Morgan fingerprint density at radius 1 is 1.38 bits per heavy atom. The minimum Gasteiger partial charge on any atom is -0.505 e. The van der Waals surface area contributed by atoms with Gasteiger partial charge in [0.2, 0.25) is 0 Å². The van der Waals surface area contributed by atoms with Crippen molar-refractivity contribution in [2.24, 2.45) is 0 Å². The van der Waals surface area contributed by atoms with Crippen molar-refractivity contribution < 1.29 is 29.2 Å². The number of halogens is 1. The van der Waals surface area contributed by atoms with Gasteiger partial charge < -0.3 is 25.4 Å². The van der Waals surface area contributed by atoms with E-state index < -0.39 is 35.5 Å². The maximum atomic E-state index is 13.2. The van der Waals surface area contributed by atoms with Crippen LogP contribution in [0, 0.1) is 5.82 Å². The Morgan fingerprint density at radius 2 is 2.00 bits per heavy atom. The number of phenols is 1. The lowest BCUT2D eigenvalue weighted by Crippen LogP contribution is -2.38. The zero-order chi connectivity index (χ0) is 16.2. The summed E-state index contributed by atoms with van der Waals surface area (Å²) in [6.07, 6.45) is -3.48. The van der Waals surface area contributed by atoms with E-state index in [1.165, 1.54) is 6.07 Å². The van der Waals surface area contributed by atoms with Crippen LogP contribution in [0.4, 0.5) is 9.18 Å². The summed E-state index contributed by atoms with van der Waals surface area (Å²) in [5, 5.41) is 31.0. The summed E-state index contributed by atoms with van der Waals surface area (Å²) in [6.45, 7) is 4.81. The third kappa shape index (κ3) is 5.57. The van der Waals surface area contributed by atoms with Gasteiger partial charge in [-0.05, 0) is 38.5 Å². The van der Waals surface area contributed by atoms with E-state index in [2.05, 4.69) is 5.32 Å². The first kappa shape index (κ1) is 17.2. The van der Waals surface area contributed by atoms with Crippen molar-refractivity contribution in [1.29, 1.82) is 0 Å². The number of hydrogen-bond donors (Lipinski definition) is 4. The molecule has 21 heavy (non-hydrogen) atoms. The molecule has 0 spiro atoms. The molecule has 1 amide bonds. The number of carbonyl (C=O) groups excluding carboxylic acids is 1. The van der Waals surface area contributed by atoms with Crippen molar-refractivity contribution in [2.75, 3.05) is 6.54 Å². The molecule has 1 rings (SSSR count). The van der Waals surface area contributed by atoms with E-state index in [-0.39, 0.29) is 12.1 Å². The monoisotopic (exact) mass is 301 g/mol. The quantitative estimate of drug-likeness (QED) is 0.674. The van der Waals surface area contributed by atoms with Crippen LogP contribution in [0.1, 0.15) is 32.4 Å². The number of aliphatic hydroxyl groups excluding tert-OH is 2. The average molecular weight is 301 g/mol. The molecular formula is C14H20FNO5. The Hall–Kier alpha value is -1.86. The van der Waals surface area contributed by atoms with Crippen LogP contribution < -0.4 is 5.32 Å². The van der Waals surface area contributed by atoms with Gasteiger partial charge >= 0.3 is 6.09 Å². The smallest absolute Gasteiger partial charge is 0.407 e. The third-order valence-corrected chi connectivity index (χ3v) is 2.53. The molecule has 0 saturated carbocycles. The molecule has 0 heterocycles. The van der Waals surface area contributed by atoms with Crippen LogP contribution in [0.2, 0.25) is 0 Å². The first-order valence-electron chi connectivity index (χ1n) is 6.41. The minimum absolute atomic E-state index is 0.0868. The molecule has 0 saturated heterocycles.